The summed E-state index contributed by atoms with van der Waals surface area (Å²) >= 11 is 5.99. The SMILES string of the molecule is CN(C(=O)c1ccn(-c2cccc(Cl)c2)n1)C1CCNCC1. The number of hydrogen-bond donors (Lipinski definition) is 1. The standard InChI is InChI=1S/C16H19ClN4O/c1-20(13-5-8-18-9-6-13)16(22)15-7-10-21(19-15)14-4-2-3-12(17)11-14/h2-4,7,10-11,13,18H,5-6,8-9H2,1H3. The fourth-order valence-corrected chi connectivity index (χ4v) is 2.93. The minimum atomic E-state index is -0.0346. The molecular weight excluding hydrogens is 300 g/mol. The zero-order valence-electron chi connectivity index (χ0n) is 12.5. The highest BCUT2D eigenvalue weighted by Crippen LogP contribution is 2.16. The molecule has 2 aromatic rings. The van der Waals surface area contributed by atoms with E-state index in [4.69, 9.17) is 11.6 Å². The van der Waals surface area contributed by atoms with Gasteiger partial charge in [-0.2, -0.15) is 5.10 Å². The van der Waals surface area contributed by atoms with Gasteiger partial charge in [0.1, 0.15) is 0 Å². The van der Waals surface area contributed by atoms with Crippen LogP contribution >= 0.6 is 11.6 Å². The lowest BCUT2D eigenvalue weighted by molar-refractivity contribution is 0.0697. The molecular formula is C16H19ClN4O. The molecule has 1 saturated heterocycles. The van der Waals surface area contributed by atoms with Crippen LogP contribution in [-0.4, -0.2) is 46.8 Å². The number of benzene rings is 1. The molecule has 0 aliphatic carbocycles. The molecule has 2 heterocycles. The Morgan fingerprint density at radius 3 is 2.86 bits per heavy atom. The lowest BCUT2D eigenvalue weighted by Crippen LogP contribution is -2.44. The van der Waals surface area contributed by atoms with Crippen molar-refractivity contribution >= 4 is 17.5 Å². The molecule has 116 valence electrons. The van der Waals surface area contributed by atoms with Gasteiger partial charge in [0.25, 0.3) is 5.91 Å². The topological polar surface area (TPSA) is 50.2 Å². The Morgan fingerprint density at radius 1 is 1.36 bits per heavy atom. The maximum atomic E-state index is 12.6. The first-order chi connectivity index (χ1) is 10.6. The zero-order chi connectivity index (χ0) is 15.5. The summed E-state index contributed by atoms with van der Waals surface area (Å²) in [4.78, 5) is 14.4. The maximum absolute atomic E-state index is 12.6. The fourth-order valence-electron chi connectivity index (χ4n) is 2.74. The van der Waals surface area contributed by atoms with E-state index in [1.165, 1.54) is 0 Å². The summed E-state index contributed by atoms with van der Waals surface area (Å²) in [7, 11) is 1.86. The number of aromatic nitrogens is 2. The lowest BCUT2D eigenvalue weighted by atomic mass is 10.1. The van der Waals surface area contributed by atoms with Crippen LogP contribution in [0.25, 0.3) is 5.69 Å². The van der Waals surface area contributed by atoms with Gasteiger partial charge in [0, 0.05) is 24.3 Å². The Labute approximate surface area is 134 Å². The van der Waals surface area contributed by atoms with Crippen LogP contribution in [0.4, 0.5) is 0 Å². The number of halogens is 1. The van der Waals surface area contributed by atoms with Gasteiger partial charge in [0.2, 0.25) is 0 Å². The van der Waals surface area contributed by atoms with E-state index in [0.717, 1.165) is 31.6 Å². The van der Waals surface area contributed by atoms with Crippen LogP contribution in [0, 0.1) is 0 Å². The molecule has 0 radical (unpaired) electrons. The first-order valence-corrected chi connectivity index (χ1v) is 7.82. The minimum Gasteiger partial charge on any atom is -0.337 e. The predicted molar refractivity (Wildman–Crippen MR) is 86.6 cm³/mol. The molecule has 1 N–H and O–H groups in total. The molecule has 1 aromatic carbocycles. The van der Waals surface area contributed by atoms with Crippen LogP contribution in [0.1, 0.15) is 23.3 Å². The van der Waals surface area contributed by atoms with E-state index in [1.807, 2.05) is 36.2 Å². The molecule has 0 saturated carbocycles. The molecule has 1 fully saturated rings. The number of amides is 1. The number of hydrogen-bond acceptors (Lipinski definition) is 3. The van der Waals surface area contributed by atoms with Crippen LogP contribution in [0.3, 0.4) is 0 Å². The summed E-state index contributed by atoms with van der Waals surface area (Å²) in [5.41, 5.74) is 1.30. The van der Waals surface area contributed by atoms with Crippen molar-refractivity contribution in [2.24, 2.45) is 0 Å². The van der Waals surface area contributed by atoms with E-state index >= 15 is 0 Å². The molecule has 5 nitrogen and oxygen atoms in total. The van der Waals surface area contributed by atoms with Crippen molar-refractivity contribution in [2.75, 3.05) is 20.1 Å². The second-order valence-corrected chi connectivity index (χ2v) is 5.96. The second kappa shape index (κ2) is 6.50. The van der Waals surface area contributed by atoms with E-state index in [2.05, 4.69) is 10.4 Å². The smallest absolute Gasteiger partial charge is 0.274 e. The van der Waals surface area contributed by atoms with Gasteiger partial charge in [0.05, 0.1) is 5.69 Å². The monoisotopic (exact) mass is 318 g/mol. The number of nitrogens with zero attached hydrogens (tertiary/aromatic N) is 3. The maximum Gasteiger partial charge on any atom is 0.274 e. The molecule has 0 spiro atoms. The summed E-state index contributed by atoms with van der Waals surface area (Å²) in [5, 5.41) is 8.34. The zero-order valence-corrected chi connectivity index (χ0v) is 13.3. The van der Waals surface area contributed by atoms with Gasteiger partial charge in [-0.3, -0.25) is 4.79 Å². The lowest BCUT2D eigenvalue weighted by Gasteiger charge is -2.31. The first-order valence-electron chi connectivity index (χ1n) is 7.44. The molecule has 1 aliphatic heterocycles. The average Bonchev–Trinajstić information content (AvgIpc) is 3.04. The van der Waals surface area contributed by atoms with Crippen molar-refractivity contribution in [3.63, 3.8) is 0 Å². The van der Waals surface area contributed by atoms with Crippen molar-refractivity contribution in [3.05, 3.63) is 47.2 Å². The largest absolute Gasteiger partial charge is 0.337 e. The molecule has 1 aromatic heterocycles. The van der Waals surface area contributed by atoms with E-state index in [-0.39, 0.29) is 11.9 Å². The number of piperidine rings is 1. The number of carbonyl (C=O) groups excluding carboxylic acids is 1. The van der Waals surface area contributed by atoms with E-state index in [9.17, 15) is 4.79 Å². The van der Waals surface area contributed by atoms with Gasteiger partial charge in [-0.15, -0.1) is 0 Å². The predicted octanol–water partition coefficient (Wildman–Crippen LogP) is 2.35. The molecule has 1 amide bonds. The Balaban J connectivity index is 1.76. The van der Waals surface area contributed by atoms with Gasteiger partial charge < -0.3 is 10.2 Å². The van der Waals surface area contributed by atoms with E-state index < -0.39 is 0 Å². The van der Waals surface area contributed by atoms with Gasteiger partial charge in [-0.25, -0.2) is 4.68 Å². The third-order valence-electron chi connectivity index (χ3n) is 4.06. The third-order valence-corrected chi connectivity index (χ3v) is 4.29. The molecule has 0 bridgehead atoms. The fraction of sp³-hybridized carbons (Fsp3) is 0.375. The summed E-state index contributed by atoms with van der Waals surface area (Å²) in [6.07, 6.45) is 3.75. The van der Waals surface area contributed by atoms with Crippen molar-refractivity contribution in [1.29, 1.82) is 0 Å². The molecule has 3 rings (SSSR count). The Bertz CT molecular complexity index is 664. The van der Waals surface area contributed by atoms with Crippen molar-refractivity contribution in [2.45, 2.75) is 18.9 Å². The number of rotatable bonds is 3. The van der Waals surface area contributed by atoms with Crippen LogP contribution in [-0.2, 0) is 0 Å². The Morgan fingerprint density at radius 2 is 2.14 bits per heavy atom. The van der Waals surface area contributed by atoms with Crippen molar-refractivity contribution < 1.29 is 4.79 Å². The Kier molecular flexibility index (Phi) is 4.45. The third kappa shape index (κ3) is 3.15. The van der Waals surface area contributed by atoms with Crippen LogP contribution < -0.4 is 5.32 Å². The first kappa shape index (κ1) is 15.1. The molecule has 6 heteroatoms. The van der Waals surface area contributed by atoms with Gasteiger partial charge in [-0.1, -0.05) is 17.7 Å². The van der Waals surface area contributed by atoms with Gasteiger partial charge >= 0.3 is 0 Å². The Hall–Kier alpha value is -1.85. The van der Waals surface area contributed by atoms with Crippen molar-refractivity contribution in [1.82, 2.24) is 20.0 Å². The van der Waals surface area contributed by atoms with E-state index in [1.54, 1.807) is 16.9 Å². The average molecular weight is 319 g/mol. The van der Waals surface area contributed by atoms with Crippen LogP contribution in [0.5, 0.6) is 0 Å². The summed E-state index contributed by atoms with van der Waals surface area (Å²) in [6.45, 7) is 1.92. The summed E-state index contributed by atoms with van der Waals surface area (Å²) in [6, 6.07) is 9.43. The molecule has 0 atom stereocenters. The normalized spacial score (nSPS) is 15.7. The number of nitrogens with one attached hydrogen (secondary N) is 1. The minimum absolute atomic E-state index is 0.0346. The van der Waals surface area contributed by atoms with Crippen LogP contribution in [0.15, 0.2) is 36.5 Å². The molecule has 1 aliphatic rings. The highest BCUT2D eigenvalue weighted by atomic mass is 35.5. The van der Waals surface area contributed by atoms with Crippen molar-refractivity contribution in [3.8, 4) is 5.69 Å². The van der Waals surface area contributed by atoms with Gasteiger partial charge in [-0.05, 0) is 50.2 Å². The molecule has 0 unspecified atom stereocenters. The van der Waals surface area contributed by atoms with Crippen LogP contribution in [0.2, 0.25) is 5.02 Å². The summed E-state index contributed by atoms with van der Waals surface area (Å²) < 4.78 is 1.68. The van der Waals surface area contributed by atoms with Gasteiger partial charge in [0.15, 0.2) is 5.69 Å². The van der Waals surface area contributed by atoms with E-state index in [0.29, 0.717) is 10.7 Å². The highest BCUT2D eigenvalue weighted by Gasteiger charge is 2.24. The highest BCUT2D eigenvalue weighted by molar-refractivity contribution is 6.30. The second-order valence-electron chi connectivity index (χ2n) is 5.52. The summed E-state index contributed by atoms with van der Waals surface area (Å²) in [5.74, 6) is -0.0346. The molecule has 22 heavy (non-hydrogen) atoms. The number of carbonyl (C=O) groups is 1. The quantitative estimate of drug-likeness (QED) is 0.945.